The van der Waals surface area contributed by atoms with E-state index in [1.54, 1.807) is 4.68 Å². The average molecular weight is 328 g/mol. The lowest BCUT2D eigenvalue weighted by molar-refractivity contribution is 0.0857. The molecule has 6 nitrogen and oxygen atoms in total. The molecular formula is C18H24N4O2. The van der Waals surface area contributed by atoms with Crippen molar-refractivity contribution in [3.8, 4) is 5.69 Å². The maximum atomic E-state index is 12.6. The van der Waals surface area contributed by atoms with Gasteiger partial charge in [-0.15, -0.1) is 0 Å². The highest BCUT2D eigenvalue weighted by atomic mass is 16.5. The summed E-state index contributed by atoms with van der Waals surface area (Å²) in [5, 5.41) is 7.38. The van der Waals surface area contributed by atoms with Gasteiger partial charge in [-0.2, -0.15) is 5.10 Å². The van der Waals surface area contributed by atoms with Crippen molar-refractivity contribution in [2.24, 2.45) is 0 Å². The maximum Gasteiger partial charge on any atom is 0.253 e. The lowest BCUT2D eigenvalue weighted by Crippen LogP contribution is -2.32. The highest BCUT2D eigenvalue weighted by molar-refractivity contribution is 5.97. The van der Waals surface area contributed by atoms with Gasteiger partial charge in [-0.25, -0.2) is 4.68 Å². The molecule has 0 spiro atoms. The van der Waals surface area contributed by atoms with Crippen molar-refractivity contribution in [1.29, 1.82) is 0 Å². The predicted molar refractivity (Wildman–Crippen MR) is 92.3 cm³/mol. The normalized spacial score (nSPS) is 17.4. The van der Waals surface area contributed by atoms with Gasteiger partial charge in [0.05, 0.1) is 23.6 Å². The summed E-state index contributed by atoms with van der Waals surface area (Å²) in [5.74, 6) is -0.0919. The average Bonchev–Trinajstić information content (AvgIpc) is 3.24. The first-order valence-corrected chi connectivity index (χ1v) is 8.31. The van der Waals surface area contributed by atoms with E-state index >= 15 is 0 Å². The molecule has 1 aromatic heterocycles. The third-order valence-corrected chi connectivity index (χ3v) is 4.04. The minimum absolute atomic E-state index is 0.0919. The highest BCUT2D eigenvalue weighted by Crippen LogP contribution is 2.16. The quantitative estimate of drug-likeness (QED) is 0.879. The number of carbonyl (C=O) groups excluding carboxylic acids is 1. The third kappa shape index (κ3) is 4.01. The Labute approximate surface area is 142 Å². The van der Waals surface area contributed by atoms with Gasteiger partial charge in [-0.1, -0.05) is 12.1 Å². The SMILES string of the molecule is CN(C)Cc1cnn(-c2ccccc2C(=O)NC[C@H]2CCCO2)c1. The van der Waals surface area contributed by atoms with Gasteiger partial charge in [-0.3, -0.25) is 4.79 Å². The second-order valence-electron chi connectivity index (χ2n) is 6.39. The molecule has 1 amide bonds. The second-order valence-corrected chi connectivity index (χ2v) is 6.39. The molecule has 1 N–H and O–H groups in total. The first kappa shape index (κ1) is 16.7. The predicted octanol–water partition coefficient (Wildman–Crippen LogP) is 1.84. The van der Waals surface area contributed by atoms with Gasteiger partial charge in [0, 0.05) is 31.5 Å². The summed E-state index contributed by atoms with van der Waals surface area (Å²) in [5.41, 5.74) is 2.51. The summed E-state index contributed by atoms with van der Waals surface area (Å²) in [6, 6.07) is 7.52. The van der Waals surface area contributed by atoms with E-state index in [-0.39, 0.29) is 12.0 Å². The molecule has 1 aliphatic heterocycles. The number of rotatable bonds is 6. The zero-order valence-corrected chi connectivity index (χ0v) is 14.2. The van der Waals surface area contributed by atoms with Crippen LogP contribution in [0.1, 0.15) is 28.8 Å². The zero-order chi connectivity index (χ0) is 16.9. The molecule has 1 atom stereocenters. The van der Waals surface area contributed by atoms with Crippen LogP contribution >= 0.6 is 0 Å². The summed E-state index contributed by atoms with van der Waals surface area (Å²) in [6.45, 7) is 2.16. The standard InChI is InChI=1S/C18H24N4O2/c1-21(2)12-14-10-20-22(13-14)17-8-4-3-7-16(17)18(23)19-11-15-6-5-9-24-15/h3-4,7-8,10,13,15H,5-6,9,11-12H2,1-2H3,(H,19,23)/t15-/m1/s1. The summed E-state index contributed by atoms with van der Waals surface area (Å²) in [4.78, 5) is 14.6. The Bertz CT molecular complexity index is 690. The lowest BCUT2D eigenvalue weighted by Gasteiger charge is -2.13. The first-order valence-electron chi connectivity index (χ1n) is 8.31. The van der Waals surface area contributed by atoms with Crippen molar-refractivity contribution in [3.63, 3.8) is 0 Å². The van der Waals surface area contributed by atoms with E-state index in [2.05, 4.69) is 15.3 Å². The Morgan fingerprint density at radius 3 is 3.00 bits per heavy atom. The van der Waals surface area contributed by atoms with Crippen LogP contribution in [0.3, 0.4) is 0 Å². The van der Waals surface area contributed by atoms with Crippen LogP contribution in [0.4, 0.5) is 0 Å². The van der Waals surface area contributed by atoms with Gasteiger partial charge in [0.25, 0.3) is 5.91 Å². The lowest BCUT2D eigenvalue weighted by atomic mass is 10.1. The van der Waals surface area contributed by atoms with Gasteiger partial charge in [-0.05, 0) is 39.1 Å². The molecule has 2 heterocycles. The summed E-state index contributed by atoms with van der Waals surface area (Å²) in [7, 11) is 4.04. The van der Waals surface area contributed by atoms with Gasteiger partial charge >= 0.3 is 0 Å². The van der Waals surface area contributed by atoms with E-state index in [0.29, 0.717) is 12.1 Å². The molecule has 0 aliphatic carbocycles. The van der Waals surface area contributed by atoms with E-state index in [1.165, 1.54) is 0 Å². The zero-order valence-electron chi connectivity index (χ0n) is 14.2. The van der Waals surface area contributed by atoms with E-state index in [9.17, 15) is 4.79 Å². The monoisotopic (exact) mass is 328 g/mol. The fraction of sp³-hybridized carbons (Fsp3) is 0.444. The number of hydrogen-bond donors (Lipinski definition) is 1. The maximum absolute atomic E-state index is 12.6. The molecule has 1 saturated heterocycles. The molecule has 24 heavy (non-hydrogen) atoms. The van der Waals surface area contributed by atoms with Crippen LogP contribution in [-0.2, 0) is 11.3 Å². The molecule has 0 bridgehead atoms. The number of hydrogen-bond acceptors (Lipinski definition) is 4. The fourth-order valence-corrected chi connectivity index (χ4v) is 2.91. The minimum atomic E-state index is -0.0919. The Morgan fingerprint density at radius 1 is 1.42 bits per heavy atom. The second kappa shape index (κ2) is 7.59. The number of aromatic nitrogens is 2. The molecule has 0 saturated carbocycles. The highest BCUT2D eigenvalue weighted by Gasteiger charge is 2.18. The smallest absolute Gasteiger partial charge is 0.253 e. The van der Waals surface area contributed by atoms with E-state index in [4.69, 9.17) is 4.74 Å². The van der Waals surface area contributed by atoms with Crippen LogP contribution in [0.25, 0.3) is 5.69 Å². The number of ether oxygens (including phenoxy) is 1. The van der Waals surface area contributed by atoms with Crippen molar-refractivity contribution in [2.75, 3.05) is 27.2 Å². The number of para-hydroxylation sites is 1. The van der Waals surface area contributed by atoms with Crippen molar-refractivity contribution in [3.05, 3.63) is 47.8 Å². The van der Waals surface area contributed by atoms with E-state index < -0.39 is 0 Å². The van der Waals surface area contributed by atoms with Crippen LogP contribution in [0.15, 0.2) is 36.7 Å². The topological polar surface area (TPSA) is 59.4 Å². The fourth-order valence-electron chi connectivity index (χ4n) is 2.91. The van der Waals surface area contributed by atoms with Crippen molar-refractivity contribution < 1.29 is 9.53 Å². The molecule has 0 unspecified atom stereocenters. The number of amides is 1. The summed E-state index contributed by atoms with van der Waals surface area (Å²) < 4.78 is 7.32. The Morgan fingerprint density at radius 2 is 2.25 bits per heavy atom. The van der Waals surface area contributed by atoms with Crippen LogP contribution in [-0.4, -0.2) is 53.9 Å². The molecule has 0 radical (unpaired) electrons. The molecule has 128 valence electrons. The van der Waals surface area contributed by atoms with Gasteiger partial charge < -0.3 is 15.0 Å². The largest absolute Gasteiger partial charge is 0.376 e. The summed E-state index contributed by atoms with van der Waals surface area (Å²) >= 11 is 0. The molecular weight excluding hydrogens is 304 g/mol. The molecule has 3 rings (SSSR count). The van der Waals surface area contributed by atoms with E-state index in [0.717, 1.165) is 37.2 Å². The molecule has 6 heteroatoms. The number of carbonyl (C=O) groups is 1. The van der Waals surface area contributed by atoms with Crippen LogP contribution < -0.4 is 5.32 Å². The van der Waals surface area contributed by atoms with Gasteiger partial charge in [0.15, 0.2) is 0 Å². The molecule has 1 aromatic carbocycles. The number of nitrogens with one attached hydrogen (secondary N) is 1. The molecule has 2 aromatic rings. The Hall–Kier alpha value is -2.18. The van der Waals surface area contributed by atoms with E-state index in [1.807, 2.05) is 50.8 Å². The number of benzene rings is 1. The Kier molecular flexibility index (Phi) is 5.27. The van der Waals surface area contributed by atoms with Crippen molar-refractivity contribution >= 4 is 5.91 Å². The van der Waals surface area contributed by atoms with Crippen LogP contribution in [0, 0.1) is 0 Å². The van der Waals surface area contributed by atoms with Gasteiger partial charge in [0.2, 0.25) is 0 Å². The molecule has 1 aliphatic rings. The third-order valence-electron chi connectivity index (χ3n) is 4.04. The van der Waals surface area contributed by atoms with Crippen molar-refractivity contribution in [1.82, 2.24) is 20.0 Å². The van der Waals surface area contributed by atoms with Gasteiger partial charge in [0.1, 0.15) is 0 Å². The minimum Gasteiger partial charge on any atom is -0.376 e. The first-order chi connectivity index (χ1) is 11.6. The molecule has 1 fully saturated rings. The van der Waals surface area contributed by atoms with Crippen molar-refractivity contribution in [2.45, 2.75) is 25.5 Å². The Balaban J connectivity index is 1.74. The summed E-state index contributed by atoms with van der Waals surface area (Å²) in [6.07, 6.45) is 6.01. The van der Waals surface area contributed by atoms with Crippen LogP contribution in [0.5, 0.6) is 0 Å². The number of nitrogens with zero attached hydrogens (tertiary/aromatic N) is 3. The van der Waals surface area contributed by atoms with Crippen LogP contribution in [0.2, 0.25) is 0 Å².